The lowest BCUT2D eigenvalue weighted by molar-refractivity contribution is 0.675. The molecule has 0 heterocycles. The smallest absolute Gasteiger partial charge is 0.0205 e. The van der Waals surface area contributed by atoms with Gasteiger partial charge in [0, 0.05) is 16.2 Å². The lowest BCUT2D eigenvalue weighted by Crippen LogP contribution is -2.14. The van der Waals surface area contributed by atoms with Crippen LogP contribution in [-0.4, -0.2) is 11.3 Å². The quantitative estimate of drug-likeness (QED) is 0.615. The zero-order chi connectivity index (χ0) is 12.9. The average Bonchev–Trinajstić information content (AvgIpc) is 2.21. The zero-order valence-electron chi connectivity index (χ0n) is 11.8. The number of hydrogen-bond acceptors (Lipinski definition) is 2. The van der Waals surface area contributed by atoms with Crippen LogP contribution in [-0.2, 0) is 6.54 Å². The number of rotatable bonds is 5. The lowest BCUT2D eigenvalue weighted by Gasteiger charge is -2.19. The molecule has 0 fully saturated rings. The maximum absolute atomic E-state index is 3.44. The largest absolute Gasteiger partial charge is 0.313 e. The molecule has 0 unspecified atom stereocenters. The highest BCUT2D eigenvalue weighted by Gasteiger charge is 2.13. The van der Waals surface area contributed by atoms with Gasteiger partial charge in [0.05, 0.1) is 0 Å². The van der Waals surface area contributed by atoms with Crippen LogP contribution in [0, 0.1) is 6.92 Å². The van der Waals surface area contributed by atoms with Crippen molar-refractivity contribution < 1.29 is 0 Å². The number of hydrogen-bond donors (Lipinski definition) is 1. The molecule has 1 rings (SSSR count). The van der Waals surface area contributed by atoms with Gasteiger partial charge in [0.15, 0.2) is 0 Å². The van der Waals surface area contributed by atoms with E-state index in [9.17, 15) is 0 Å². The average molecular weight is 251 g/mol. The van der Waals surface area contributed by atoms with Crippen LogP contribution >= 0.6 is 11.8 Å². The van der Waals surface area contributed by atoms with Crippen LogP contribution in [0.15, 0.2) is 23.1 Å². The molecule has 1 N–H and O–H groups in total. The molecule has 0 saturated heterocycles. The van der Waals surface area contributed by atoms with E-state index in [4.69, 9.17) is 0 Å². The van der Waals surface area contributed by atoms with Gasteiger partial charge in [-0.25, -0.2) is 0 Å². The summed E-state index contributed by atoms with van der Waals surface area (Å²) in [6.07, 6.45) is 1.19. The molecule has 96 valence electrons. The van der Waals surface area contributed by atoms with E-state index in [-0.39, 0.29) is 4.75 Å². The molecule has 17 heavy (non-hydrogen) atoms. The molecule has 0 amide bonds. The second-order valence-corrected chi connectivity index (χ2v) is 7.36. The summed E-state index contributed by atoms with van der Waals surface area (Å²) in [4.78, 5) is 1.40. The fraction of sp³-hybridized carbons (Fsp3) is 0.600. The molecule has 0 aliphatic carbocycles. The third-order valence-corrected chi connectivity index (χ3v) is 3.70. The Hall–Kier alpha value is -0.470. The third kappa shape index (κ3) is 5.60. The molecule has 0 aromatic heterocycles. The van der Waals surface area contributed by atoms with Crippen molar-refractivity contribution in [3.05, 3.63) is 29.3 Å². The Morgan fingerprint density at radius 1 is 1.24 bits per heavy atom. The Kier molecular flexibility index (Phi) is 5.54. The van der Waals surface area contributed by atoms with Crippen LogP contribution in [0.4, 0.5) is 0 Å². The highest BCUT2D eigenvalue weighted by atomic mass is 32.2. The monoisotopic (exact) mass is 251 g/mol. The highest BCUT2D eigenvalue weighted by Crippen LogP contribution is 2.34. The Bertz CT molecular complexity index is 352. The molecule has 0 saturated carbocycles. The van der Waals surface area contributed by atoms with Gasteiger partial charge in [0.25, 0.3) is 0 Å². The van der Waals surface area contributed by atoms with Crippen molar-refractivity contribution in [2.75, 3.05) is 6.54 Å². The van der Waals surface area contributed by atoms with Gasteiger partial charge in [0.1, 0.15) is 0 Å². The van der Waals surface area contributed by atoms with Gasteiger partial charge < -0.3 is 5.32 Å². The van der Waals surface area contributed by atoms with Crippen molar-refractivity contribution in [1.29, 1.82) is 0 Å². The summed E-state index contributed by atoms with van der Waals surface area (Å²) in [6.45, 7) is 13.3. The van der Waals surface area contributed by atoms with E-state index < -0.39 is 0 Å². The first kappa shape index (κ1) is 14.6. The molecule has 0 radical (unpaired) electrons. The predicted octanol–water partition coefficient (Wildman–Crippen LogP) is 4.39. The SMILES string of the molecule is CCCNCc1ccc(SC(C)(C)C)c(C)c1. The summed E-state index contributed by atoms with van der Waals surface area (Å²) >= 11 is 1.94. The summed E-state index contributed by atoms with van der Waals surface area (Å²) in [7, 11) is 0. The molecule has 1 aromatic carbocycles. The van der Waals surface area contributed by atoms with Gasteiger partial charge in [-0.05, 0) is 37.1 Å². The van der Waals surface area contributed by atoms with E-state index in [0.29, 0.717) is 0 Å². The van der Waals surface area contributed by atoms with E-state index in [1.807, 2.05) is 11.8 Å². The van der Waals surface area contributed by atoms with Gasteiger partial charge in [-0.3, -0.25) is 0 Å². The zero-order valence-corrected chi connectivity index (χ0v) is 12.6. The molecule has 0 atom stereocenters. The second kappa shape index (κ2) is 6.46. The number of thioether (sulfide) groups is 1. The highest BCUT2D eigenvalue weighted by molar-refractivity contribution is 8.00. The fourth-order valence-corrected chi connectivity index (χ4v) is 2.69. The first-order valence-electron chi connectivity index (χ1n) is 6.41. The van der Waals surface area contributed by atoms with Crippen molar-refractivity contribution in [2.45, 2.75) is 57.2 Å². The van der Waals surface area contributed by atoms with E-state index in [1.54, 1.807) is 0 Å². The molecule has 1 aromatic rings. The normalized spacial score (nSPS) is 11.8. The van der Waals surface area contributed by atoms with Crippen molar-refractivity contribution in [2.24, 2.45) is 0 Å². The minimum Gasteiger partial charge on any atom is -0.313 e. The van der Waals surface area contributed by atoms with E-state index in [2.05, 4.69) is 58.1 Å². The maximum Gasteiger partial charge on any atom is 0.0205 e. The molecule has 0 aliphatic heterocycles. The van der Waals surface area contributed by atoms with Crippen LogP contribution in [0.3, 0.4) is 0 Å². The minimum atomic E-state index is 0.284. The Morgan fingerprint density at radius 2 is 1.94 bits per heavy atom. The summed E-state index contributed by atoms with van der Waals surface area (Å²) < 4.78 is 0.284. The minimum absolute atomic E-state index is 0.284. The second-order valence-electron chi connectivity index (χ2n) is 5.49. The Balaban J connectivity index is 2.66. The van der Waals surface area contributed by atoms with Crippen LogP contribution in [0.1, 0.15) is 45.2 Å². The van der Waals surface area contributed by atoms with E-state index in [1.165, 1.54) is 22.4 Å². The standard InChI is InChI=1S/C15H25NS/c1-6-9-16-11-13-7-8-14(12(2)10-13)17-15(3,4)5/h7-8,10,16H,6,9,11H2,1-5H3. The predicted molar refractivity (Wildman–Crippen MR) is 78.8 cm³/mol. The lowest BCUT2D eigenvalue weighted by atomic mass is 10.1. The van der Waals surface area contributed by atoms with Crippen LogP contribution in [0.25, 0.3) is 0 Å². The molecule has 0 aliphatic rings. The van der Waals surface area contributed by atoms with Crippen LogP contribution < -0.4 is 5.32 Å². The summed E-state index contributed by atoms with van der Waals surface area (Å²) in [5.74, 6) is 0. The van der Waals surface area contributed by atoms with Gasteiger partial charge in [-0.2, -0.15) is 0 Å². The van der Waals surface area contributed by atoms with Gasteiger partial charge in [-0.15, -0.1) is 11.8 Å². The van der Waals surface area contributed by atoms with Crippen molar-refractivity contribution in [1.82, 2.24) is 5.32 Å². The number of aryl methyl sites for hydroxylation is 1. The fourth-order valence-electron chi connectivity index (χ4n) is 1.68. The number of benzene rings is 1. The first-order chi connectivity index (χ1) is 7.92. The first-order valence-corrected chi connectivity index (χ1v) is 7.23. The topological polar surface area (TPSA) is 12.0 Å². The van der Waals surface area contributed by atoms with Crippen LogP contribution in [0.5, 0.6) is 0 Å². The van der Waals surface area contributed by atoms with Crippen molar-refractivity contribution in [3.63, 3.8) is 0 Å². The maximum atomic E-state index is 3.44. The summed E-state index contributed by atoms with van der Waals surface area (Å²) in [6, 6.07) is 6.80. The Morgan fingerprint density at radius 3 is 2.47 bits per heavy atom. The van der Waals surface area contributed by atoms with Crippen molar-refractivity contribution >= 4 is 11.8 Å². The summed E-state index contributed by atoms with van der Waals surface area (Å²) in [5.41, 5.74) is 2.77. The molecule has 0 bridgehead atoms. The molecular formula is C15H25NS. The third-order valence-electron chi connectivity index (χ3n) is 2.41. The molecular weight excluding hydrogens is 226 g/mol. The summed E-state index contributed by atoms with van der Waals surface area (Å²) in [5, 5.41) is 3.44. The van der Waals surface area contributed by atoms with Gasteiger partial charge >= 0.3 is 0 Å². The van der Waals surface area contributed by atoms with Gasteiger partial charge in [0.2, 0.25) is 0 Å². The Labute approximate surface area is 110 Å². The number of nitrogens with one attached hydrogen (secondary N) is 1. The van der Waals surface area contributed by atoms with E-state index in [0.717, 1.165) is 13.1 Å². The van der Waals surface area contributed by atoms with Crippen molar-refractivity contribution in [3.8, 4) is 0 Å². The van der Waals surface area contributed by atoms with Crippen LogP contribution in [0.2, 0.25) is 0 Å². The van der Waals surface area contributed by atoms with Gasteiger partial charge in [-0.1, -0.05) is 39.8 Å². The molecule has 1 nitrogen and oxygen atoms in total. The molecule has 2 heteroatoms. The molecule has 0 spiro atoms. The van der Waals surface area contributed by atoms with E-state index >= 15 is 0 Å².